The Balaban J connectivity index is 1.65. The van der Waals surface area contributed by atoms with E-state index in [9.17, 15) is 19.2 Å². The van der Waals surface area contributed by atoms with Gasteiger partial charge in [0.25, 0.3) is 5.91 Å². The predicted molar refractivity (Wildman–Crippen MR) is 100 cm³/mol. The molecule has 1 aromatic heterocycles. The van der Waals surface area contributed by atoms with Gasteiger partial charge in [0.05, 0.1) is 24.3 Å². The predicted octanol–water partition coefficient (Wildman–Crippen LogP) is 0.341. The first-order valence-corrected chi connectivity index (χ1v) is 9.12. The average molecular weight is 399 g/mol. The third kappa shape index (κ3) is 5.41. The third-order valence-corrected chi connectivity index (χ3v) is 4.38. The van der Waals surface area contributed by atoms with Gasteiger partial charge in [-0.05, 0) is 18.4 Å². The monoisotopic (exact) mass is 399 g/mol. The van der Waals surface area contributed by atoms with E-state index in [0.29, 0.717) is 25.1 Å². The number of Topliss-reactive ketones (excluding diaryl/α,β-unsaturated/α-hetero) is 1. The first-order chi connectivity index (χ1) is 14.0. The molecule has 1 aliphatic rings. The maximum absolute atomic E-state index is 12.8. The minimum absolute atomic E-state index is 0.0330. The van der Waals surface area contributed by atoms with Crippen molar-refractivity contribution in [2.45, 2.75) is 31.5 Å². The Labute approximate surface area is 166 Å². The second-order valence-electron chi connectivity index (χ2n) is 6.47. The van der Waals surface area contributed by atoms with Crippen LogP contribution in [0.15, 0.2) is 42.9 Å². The molecule has 10 nitrogen and oxygen atoms in total. The molecule has 1 aliphatic heterocycles. The molecule has 4 N–H and O–H groups in total. The molecule has 1 aromatic carbocycles. The number of hydrogen-bond acceptors (Lipinski definition) is 6. The molecule has 0 radical (unpaired) electrons. The minimum atomic E-state index is -1.17. The highest BCUT2D eigenvalue weighted by Gasteiger charge is 2.32. The summed E-state index contributed by atoms with van der Waals surface area (Å²) in [6.07, 6.45) is 2.79. The number of ether oxygens (including phenoxy) is 1. The summed E-state index contributed by atoms with van der Waals surface area (Å²) in [6.45, 7) is 0.399. The van der Waals surface area contributed by atoms with Crippen LogP contribution in [-0.4, -0.2) is 46.2 Å². The minimum Gasteiger partial charge on any atom is -0.445 e. The Kier molecular flexibility index (Phi) is 6.56. The summed E-state index contributed by atoms with van der Waals surface area (Å²) in [5, 5.41) is 7.48. The molecule has 1 saturated heterocycles. The summed E-state index contributed by atoms with van der Waals surface area (Å²) in [4.78, 5) is 55.4. The van der Waals surface area contributed by atoms with Crippen molar-refractivity contribution in [3.8, 4) is 0 Å². The van der Waals surface area contributed by atoms with Crippen molar-refractivity contribution in [1.29, 1.82) is 0 Å². The van der Waals surface area contributed by atoms with Crippen LogP contribution in [0.5, 0.6) is 0 Å². The zero-order chi connectivity index (χ0) is 20.6. The number of hydrogen-bond donors (Lipinski definition) is 4. The van der Waals surface area contributed by atoms with Crippen molar-refractivity contribution in [1.82, 2.24) is 25.9 Å². The van der Waals surface area contributed by atoms with Crippen molar-refractivity contribution >= 4 is 23.7 Å². The fourth-order valence-electron chi connectivity index (χ4n) is 2.87. The quantitative estimate of drug-likeness (QED) is 0.516. The first kappa shape index (κ1) is 20.1. The number of aromatic amines is 1. The zero-order valence-corrected chi connectivity index (χ0v) is 15.5. The van der Waals surface area contributed by atoms with Crippen molar-refractivity contribution in [3.63, 3.8) is 0 Å². The Bertz CT molecular complexity index is 868. The molecule has 1 fully saturated rings. The second-order valence-corrected chi connectivity index (χ2v) is 6.47. The van der Waals surface area contributed by atoms with Gasteiger partial charge in [0.2, 0.25) is 11.7 Å². The lowest BCUT2D eigenvalue weighted by atomic mass is 10.1. The molecule has 3 amide bonds. The second kappa shape index (κ2) is 9.49. The van der Waals surface area contributed by atoms with E-state index in [1.165, 1.54) is 12.5 Å². The normalized spacial score (nSPS) is 17.6. The summed E-state index contributed by atoms with van der Waals surface area (Å²) in [7, 11) is 0. The fraction of sp³-hybridized carbons (Fsp3) is 0.316. The van der Waals surface area contributed by atoms with E-state index in [0.717, 1.165) is 5.56 Å². The van der Waals surface area contributed by atoms with Crippen molar-refractivity contribution in [3.05, 3.63) is 54.1 Å². The van der Waals surface area contributed by atoms with Crippen molar-refractivity contribution in [2.24, 2.45) is 0 Å². The van der Waals surface area contributed by atoms with E-state index in [1.807, 2.05) is 18.2 Å². The first-order valence-electron chi connectivity index (χ1n) is 9.12. The summed E-state index contributed by atoms with van der Waals surface area (Å²) in [5.74, 6) is -2.11. The number of alkyl carbamates (subject to hydrolysis) is 1. The molecule has 2 unspecified atom stereocenters. The zero-order valence-electron chi connectivity index (χ0n) is 15.5. The van der Waals surface area contributed by atoms with Gasteiger partial charge < -0.3 is 25.7 Å². The third-order valence-electron chi connectivity index (χ3n) is 4.38. The van der Waals surface area contributed by atoms with Crippen molar-refractivity contribution < 1.29 is 23.9 Å². The summed E-state index contributed by atoms with van der Waals surface area (Å²) in [5.41, 5.74) is 1.10. The molecule has 2 aromatic rings. The van der Waals surface area contributed by atoms with Gasteiger partial charge in [-0.25, -0.2) is 9.78 Å². The number of nitrogens with zero attached hydrogens (tertiary/aromatic N) is 1. The molecule has 10 heteroatoms. The lowest BCUT2D eigenvalue weighted by molar-refractivity contribution is -0.139. The Morgan fingerprint density at radius 2 is 2.03 bits per heavy atom. The number of carbonyl (C=O) groups is 4. The summed E-state index contributed by atoms with van der Waals surface area (Å²) >= 11 is 0. The summed E-state index contributed by atoms with van der Waals surface area (Å²) in [6, 6.07) is 6.95. The van der Waals surface area contributed by atoms with Gasteiger partial charge in [-0.3, -0.25) is 14.4 Å². The van der Waals surface area contributed by atoms with Crippen LogP contribution in [0.4, 0.5) is 4.79 Å². The van der Waals surface area contributed by atoms with E-state index in [4.69, 9.17) is 4.74 Å². The summed E-state index contributed by atoms with van der Waals surface area (Å²) < 4.78 is 5.16. The number of ketones is 1. The molecule has 0 spiro atoms. The lowest BCUT2D eigenvalue weighted by Crippen LogP contribution is -2.49. The number of nitrogens with one attached hydrogen (secondary N) is 4. The van der Waals surface area contributed by atoms with E-state index in [2.05, 4.69) is 25.9 Å². The van der Waals surface area contributed by atoms with Crippen molar-refractivity contribution in [2.75, 3.05) is 6.54 Å². The van der Waals surface area contributed by atoms with Gasteiger partial charge in [0.1, 0.15) is 6.61 Å². The smallest absolute Gasteiger partial charge is 0.408 e. The molecule has 0 bridgehead atoms. The van der Waals surface area contributed by atoms with Gasteiger partial charge in [0.15, 0.2) is 6.04 Å². The van der Waals surface area contributed by atoms with Crippen LogP contribution in [0, 0.1) is 0 Å². The Morgan fingerprint density at radius 3 is 2.76 bits per heavy atom. The number of H-pyrrole nitrogens is 1. The lowest BCUT2D eigenvalue weighted by Gasteiger charge is -2.20. The highest BCUT2D eigenvalue weighted by atomic mass is 16.5. The Hall–Kier alpha value is -3.69. The molecule has 2 heterocycles. The molecular formula is C19H21N5O5. The van der Waals surface area contributed by atoms with E-state index < -0.39 is 35.8 Å². The van der Waals surface area contributed by atoms with Crippen LogP contribution in [0.2, 0.25) is 0 Å². The van der Waals surface area contributed by atoms with Gasteiger partial charge >= 0.3 is 6.09 Å². The molecule has 152 valence electrons. The molecule has 2 atom stereocenters. The molecular weight excluding hydrogens is 378 g/mol. The Morgan fingerprint density at radius 1 is 1.24 bits per heavy atom. The number of amides is 3. The SMILES string of the molecule is O=C(NC(C(=O)NC1CCCNC(=O)C1=O)c1cnc[nH]1)OCc1ccccc1. The molecule has 29 heavy (non-hydrogen) atoms. The van der Waals surface area contributed by atoms with E-state index in [1.54, 1.807) is 12.1 Å². The maximum Gasteiger partial charge on any atom is 0.408 e. The van der Waals surface area contributed by atoms with E-state index >= 15 is 0 Å². The number of aromatic nitrogens is 2. The topological polar surface area (TPSA) is 142 Å². The highest BCUT2D eigenvalue weighted by Crippen LogP contribution is 2.12. The maximum atomic E-state index is 12.8. The van der Waals surface area contributed by atoms with Crippen LogP contribution in [-0.2, 0) is 25.7 Å². The van der Waals surface area contributed by atoms with E-state index in [-0.39, 0.29) is 6.61 Å². The molecule has 3 rings (SSSR count). The number of carbonyl (C=O) groups excluding carboxylic acids is 4. The largest absolute Gasteiger partial charge is 0.445 e. The highest BCUT2D eigenvalue weighted by molar-refractivity contribution is 6.38. The van der Waals surface area contributed by atoms with Crippen LogP contribution in [0.3, 0.4) is 0 Å². The van der Waals surface area contributed by atoms with Gasteiger partial charge in [-0.2, -0.15) is 0 Å². The number of benzene rings is 1. The molecule has 0 aliphatic carbocycles. The number of imidazole rings is 1. The fourth-order valence-corrected chi connectivity index (χ4v) is 2.87. The molecule has 0 saturated carbocycles. The van der Waals surface area contributed by atoms with Crippen LogP contribution in [0.25, 0.3) is 0 Å². The van der Waals surface area contributed by atoms with Gasteiger partial charge in [-0.15, -0.1) is 0 Å². The number of rotatable bonds is 6. The standard InChI is InChI=1S/C19H21N5O5/c25-16-13(7-4-8-21-18(16)27)23-17(26)15(14-9-20-11-22-14)24-19(28)29-10-12-5-2-1-3-6-12/h1-3,5-6,9,11,13,15H,4,7-8,10H2,(H,20,22)(H,21,27)(H,23,26)(H,24,28). The van der Waals surface area contributed by atoms with Crippen LogP contribution in [0.1, 0.15) is 30.1 Å². The van der Waals surface area contributed by atoms with Gasteiger partial charge in [-0.1, -0.05) is 30.3 Å². The van der Waals surface area contributed by atoms with Gasteiger partial charge in [0, 0.05) is 6.54 Å². The van der Waals surface area contributed by atoms with Crippen LogP contribution >= 0.6 is 0 Å². The van der Waals surface area contributed by atoms with Crippen LogP contribution < -0.4 is 16.0 Å². The average Bonchev–Trinajstić information content (AvgIpc) is 3.22.